The first-order valence-corrected chi connectivity index (χ1v) is 7.53. The molecule has 1 heterocycles. The van der Waals surface area contributed by atoms with Crippen LogP contribution in [-0.4, -0.2) is 5.78 Å². The molecule has 0 unspecified atom stereocenters. The van der Waals surface area contributed by atoms with Gasteiger partial charge in [-0.1, -0.05) is 35.9 Å². The van der Waals surface area contributed by atoms with Crippen molar-refractivity contribution in [3.63, 3.8) is 0 Å². The number of aryl methyl sites for hydroxylation is 3. The zero-order valence-corrected chi connectivity index (χ0v) is 13.3. The SMILES string of the molecule is Cc1cc(C)c(C(=O)C[n+]2ccc3ccccc3c2)c(C)c1. The third kappa shape index (κ3) is 2.77. The Labute approximate surface area is 131 Å². The number of ketones is 1. The highest BCUT2D eigenvalue weighted by Gasteiger charge is 2.17. The van der Waals surface area contributed by atoms with Crippen LogP contribution in [0.25, 0.3) is 10.8 Å². The maximum absolute atomic E-state index is 12.7. The number of carbonyl (C=O) groups excluding carboxylic acids is 1. The number of hydrogen-bond acceptors (Lipinski definition) is 1. The van der Waals surface area contributed by atoms with Gasteiger partial charge in [0.25, 0.3) is 0 Å². The zero-order chi connectivity index (χ0) is 15.7. The second-order valence-electron chi connectivity index (χ2n) is 5.94. The van der Waals surface area contributed by atoms with Crippen LogP contribution in [-0.2, 0) is 6.54 Å². The third-order valence-electron chi connectivity index (χ3n) is 4.03. The van der Waals surface area contributed by atoms with E-state index in [1.165, 1.54) is 10.9 Å². The summed E-state index contributed by atoms with van der Waals surface area (Å²) >= 11 is 0. The van der Waals surface area contributed by atoms with Gasteiger partial charge in [-0.15, -0.1) is 0 Å². The molecule has 0 atom stereocenters. The van der Waals surface area contributed by atoms with Crippen LogP contribution in [0.2, 0.25) is 0 Å². The highest BCUT2D eigenvalue weighted by molar-refractivity contribution is 5.98. The van der Waals surface area contributed by atoms with Crippen molar-refractivity contribution in [2.75, 3.05) is 0 Å². The molecule has 0 amide bonds. The molecule has 0 saturated carbocycles. The number of hydrogen-bond donors (Lipinski definition) is 0. The molecule has 2 heteroatoms. The Bertz CT molecular complexity index is 841. The van der Waals surface area contributed by atoms with Crippen LogP contribution < -0.4 is 4.57 Å². The highest BCUT2D eigenvalue weighted by atomic mass is 16.1. The number of fused-ring (bicyclic) bond motifs is 1. The van der Waals surface area contributed by atoms with E-state index in [2.05, 4.69) is 37.3 Å². The molecule has 0 bridgehead atoms. The van der Waals surface area contributed by atoms with Gasteiger partial charge < -0.3 is 0 Å². The minimum Gasteiger partial charge on any atom is -0.287 e. The van der Waals surface area contributed by atoms with E-state index in [9.17, 15) is 4.79 Å². The fraction of sp³-hybridized carbons (Fsp3) is 0.200. The number of benzene rings is 2. The topological polar surface area (TPSA) is 20.9 Å². The van der Waals surface area contributed by atoms with Gasteiger partial charge in [-0.2, -0.15) is 4.57 Å². The quantitative estimate of drug-likeness (QED) is 0.529. The van der Waals surface area contributed by atoms with E-state index < -0.39 is 0 Å². The van der Waals surface area contributed by atoms with Crippen molar-refractivity contribution >= 4 is 16.6 Å². The van der Waals surface area contributed by atoms with Gasteiger partial charge in [-0.05, 0) is 43.4 Å². The molecule has 0 spiro atoms. The first-order chi connectivity index (χ1) is 10.5. The maximum atomic E-state index is 12.7. The largest absolute Gasteiger partial charge is 0.287 e. The molecule has 0 aliphatic rings. The second kappa shape index (κ2) is 5.72. The van der Waals surface area contributed by atoms with Crippen LogP contribution in [0.4, 0.5) is 0 Å². The van der Waals surface area contributed by atoms with E-state index in [-0.39, 0.29) is 5.78 Å². The molecular weight excluding hydrogens is 270 g/mol. The predicted molar refractivity (Wildman–Crippen MR) is 89.1 cm³/mol. The molecule has 3 aromatic rings. The summed E-state index contributed by atoms with van der Waals surface area (Å²) in [6.45, 7) is 6.46. The summed E-state index contributed by atoms with van der Waals surface area (Å²) in [5, 5.41) is 2.34. The van der Waals surface area contributed by atoms with Crippen molar-refractivity contribution in [1.82, 2.24) is 0 Å². The van der Waals surface area contributed by atoms with Crippen LogP contribution in [0.5, 0.6) is 0 Å². The summed E-state index contributed by atoms with van der Waals surface area (Å²) in [7, 11) is 0. The lowest BCUT2D eigenvalue weighted by molar-refractivity contribution is -0.681. The normalized spacial score (nSPS) is 10.9. The Morgan fingerprint density at radius 3 is 2.27 bits per heavy atom. The molecular formula is C20H20NO+. The maximum Gasteiger partial charge on any atom is 0.228 e. The lowest BCUT2D eigenvalue weighted by Gasteiger charge is -2.09. The van der Waals surface area contributed by atoms with E-state index in [0.29, 0.717) is 6.54 Å². The Morgan fingerprint density at radius 2 is 1.59 bits per heavy atom. The van der Waals surface area contributed by atoms with Gasteiger partial charge in [-0.25, -0.2) is 0 Å². The van der Waals surface area contributed by atoms with Gasteiger partial charge in [0.05, 0.1) is 0 Å². The summed E-state index contributed by atoms with van der Waals surface area (Å²) in [6.07, 6.45) is 4.01. The summed E-state index contributed by atoms with van der Waals surface area (Å²) in [5.74, 6) is 0.162. The van der Waals surface area contributed by atoms with Gasteiger partial charge in [0.15, 0.2) is 12.4 Å². The molecule has 1 aromatic heterocycles. The number of aromatic nitrogens is 1. The number of carbonyl (C=O) groups is 1. The number of pyridine rings is 1. The third-order valence-corrected chi connectivity index (χ3v) is 4.03. The lowest BCUT2D eigenvalue weighted by Crippen LogP contribution is -2.37. The van der Waals surface area contributed by atoms with E-state index in [4.69, 9.17) is 0 Å². The van der Waals surface area contributed by atoms with Gasteiger partial charge in [0.1, 0.15) is 0 Å². The molecule has 0 N–H and O–H groups in total. The monoisotopic (exact) mass is 290 g/mol. The number of rotatable bonds is 3. The number of nitrogens with zero attached hydrogens (tertiary/aromatic N) is 1. The Morgan fingerprint density at radius 1 is 0.955 bits per heavy atom. The van der Waals surface area contributed by atoms with Crippen molar-refractivity contribution < 1.29 is 9.36 Å². The van der Waals surface area contributed by atoms with Gasteiger partial charge in [0, 0.05) is 17.0 Å². The van der Waals surface area contributed by atoms with Crippen molar-refractivity contribution in [1.29, 1.82) is 0 Å². The van der Waals surface area contributed by atoms with E-state index in [1.54, 1.807) is 0 Å². The number of Topliss-reactive ketones (excluding diaryl/α,β-unsaturated/α-hetero) is 1. The van der Waals surface area contributed by atoms with Crippen molar-refractivity contribution in [2.45, 2.75) is 27.3 Å². The molecule has 0 aliphatic carbocycles. The summed E-state index contributed by atoms with van der Waals surface area (Å²) in [5.41, 5.74) is 4.17. The fourth-order valence-corrected chi connectivity index (χ4v) is 3.14. The average Bonchev–Trinajstić information content (AvgIpc) is 2.46. The first kappa shape index (κ1) is 14.5. The van der Waals surface area contributed by atoms with Crippen molar-refractivity contribution in [3.05, 3.63) is 77.1 Å². The van der Waals surface area contributed by atoms with E-state index in [1.807, 2.05) is 42.9 Å². The van der Waals surface area contributed by atoms with Gasteiger partial charge in [-0.3, -0.25) is 4.79 Å². The van der Waals surface area contributed by atoms with E-state index >= 15 is 0 Å². The van der Waals surface area contributed by atoms with Crippen LogP contribution in [0.3, 0.4) is 0 Å². The first-order valence-electron chi connectivity index (χ1n) is 7.53. The van der Waals surface area contributed by atoms with Crippen LogP contribution in [0, 0.1) is 20.8 Å². The van der Waals surface area contributed by atoms with Crippen LogP contribution >= 0.6 is 0 Å². The molecule has 110 valence electrons. The molecule has 0 radical (unpaired) electrons. The molecule has 2 aromatic carbocycles. The van der Waals surface area contributed by atoms with Crippen LogP contribution in [0.1, 0.15) is 27.0 Å². The molecule has 3 rings (SSSR count). The smallest absolute Gasteiger partial charge is 0.228 e. The molecule has 2 nitrogen and oxygen atoms in total. The molecule has 0 aliphatic heterocycles. The average molecular weight is 290 g/mol. The summed E-state index contributed by atoms with van der Waals surface area (Å²) in [6, 6.07) is 14.4. The second-order valence-corrected chi connectivity index (χ2v) is 5.94. The standard InChI is InChI=1S/C20H20NO/c1-14-10-15(2)20(16(3)11-14)19(22)13-21-9-8-17-6-4-5-7-18(17)12-21/h4-12H,13H2,1-3H3/q+1. The minimum absolute atomic E-state index is 0.162. The van der Waals surface area contributed by atoms with E-state index in [0.717, 1.165) is 22.1 Å². The zero-order valence-electron chi connectivity index (χ0n) is 13.3. The van der Waals surface area contributed by atoms with Gasteiger partial charge in [0.2, 0.25) is 12.3 Å². The van der Waals surface area contributed by atoms with Gasteiger partial charge >= 0.3 is 0 Å². The lowest BCUT2D eigenvalue weighted by atomic mass is 9.96. The predicted octanol–water partition coefficient (Wildman–Crippen LogP) is 3.94. The Balaban J connectivity index is 1.93. The van der Waals surface area contributed by atoms with Crippen LogP contribution in [0.15, 0.2) is 54.9 Å². The highest BCUT2D eigenvalue weighted by Crippen LogP contribution is 2.17. The Kier molecular flexibility index (Phi) is 3.76. The fourth-order valence-electron chi connectivity index (χ4n) is 3.14. The molecule has 0 saturated heterocycles. The summed E-state index contributed by atoms with van der Waals surface area (Å²) < 4.78 is 1.96. The Hall–Kier alpha value is -2.48. The molecule has 22 heavy (non-hydrogen) atoms. The minimum atomic E-state index is 0.162. The summed E-state index contributed by atoms with van der Waals surface area (Å²) in [4.78, 5) is 12.7. The van der Waals surface area contributed by atoms with Crippen molar-refractivity contribution in [3.8, 4) is 0 Å². The molecule has 0 fully saturated rings. The van der Waals surface area contributed by atoms with Crippen molar-refractivity contribution in [2.24, 2.45) is 0 Å².